The Hall–Kier alpha value is -1.18. The van der Waals surface area contributed by atoms with Crippen molar-refractivity contribution < 1.29 is 5.11 Å². The lowest BCUT2D eigenvalue weighted by molar-refractivity contribution is 0.248. The van der Waals surface area contributed by atoms with Crippen molar-refractivity contribution >= 4 is 33.7 Å². The molecule has 5 nitrogen and oxygen atoms in total. The van der Waals surface area contributed by atoms with Gasteiger partial charge in [-0.25, -0.2) is 4.98 Å². The van der Waals surface area contributed by atoms with Crippen LogP contribution in [0.4, 0.5) is 10.8 Å². The molecule has 0 saturated heterocycles. The first-order valence-corrected chi connectivity index (χ1v) is 8.60. The number of aromatic nitrogens is 2. The van der Waals surface area contributed by atoms with Crippen LogP contribution in [0.25, 0.3) is 11.3 Å². The summed E-state index contributed by atoms with van der Waals surface area (Å²) in [5.74, 6) is 0.529. The van der Waals surface area contributed by atoms with Crippen LogP contribution in [0.3, 0.4) is 0 Å². The Morgan fingerprint density at radius 1 is 1.43 bits per heavy atom. The van der Waals surface area contributed by atoms with Gasteiger partial charge in [0.05, 0.1) is 16.3 Å². The van der Waals surface area contributed by atoms with Crippen molar-refractivity contribution in [2.75, 3.05) is 24.2 Å². The average Bonchev–Trinajstić information content (AvgIpc) is 3.00. The Morgan fingerprint density at radius 3 is 2.81 bits per heavy atom. The van der Waals surface area contributed by atoms with Gasteiger partial charge in [-0.05, 0) is 36.7 Å². The topological polar surface area (TPSA) is 84.1 Å². The number of hydrogen-bond donors (Lipinski definition) is 3. The van der Waals surface area contributed by atoms with Gasteiger partial charge in [0.25, 0.3) is 0 Å². The molecule has 0 aromatic carbocycles. The van der Waals surface area contributed by atoms with E-state index in [0.29, 0.717) is 5.82 Å². The van der Waals surface area contributed by atoms with Crippen LogP contribution in [0.2, 0.25) is 0 Å². The maximum atomic E-state index is 8.96. The molecule has 116 valence electrons. The first-order valence-electron chi connectivity index (χ1n) is 6.95. The quantitative estimate of drug-likeness (QED) is 0.726. The van der Waals surface area contributed by atoms with Crippen LogP contribution in [-0.2, 0) is 0 Å². The summed E-state index contributed by atoms with van der Waals surface area (Å²) in [6.45, 7) is 7.40. The molecule has 0 fully saturated rings. The average molecular weight is 326 g/mol. The van der Waals surface area contributed by atoms with Crippen LogP contribution in [0, 0.1) is 12.3 Å². The smallest absolute Gasteiger partial charge is 0.148 e. The normalized spacial score (nSPS) is 11.8. The lowest BCUT2D eigenvalue weighted by Crippen LogP contribution is -2.23. The lowest BCUT2D eigenvalue weighted by Gasteiger charge is -2.24. The number of aliphatic hydroxyl groups excluding tert-OH is 1. The lowest BCUT2D eigenvalue weighted by atomic mass is 9.88. The number of nitrogens with zero attached hydrogens (tertiary/aromatic N) is 2. The minimum atomic E-state index is 0.108. The summed E-state index contributed by atoms with van der Waals surface area (Å²) in [5, 5.41) is 16.4. The number of nitrogens with two attached hydrogens (primary N) is 1. The van der Waals surface area contributed by atoms with Gasteiger partial charge in [0, 0.05) is 18.5 Å². The van der Waals surface area contributed by atoms with Crippen molar-refractivity contribution in [1.29, 1.82) is 0 Å². The first-order chi connectivity index (χ1) is 9.93. The number of anilines is 2. The van der Waals surface area contributed by atoms with E-state index in [-0.39, 0.29) is 12.0 Å². The van der Waals surface area contributed by atoms with E-state index in [1.165, 1.54) is 11.5 Å². The van der Waals surface area contributed by atoms with Crippen molar-refractivity contribution in [1.82, 2.24) is 9.36 Å². The van der Waals surface area contributed by atoms with Crippen LogP contribution in [-0.4, -0.2) is 27.6 Å². The highest BCUT2D eigenvalue weighted by Crippen LogP contribution is 2.37. The summed E-state index contributed by atoms with van der Waals surface area (Å²) >= 11 is 2.98. The standard InChI is InChI=1S/C14H22N4OS2/c1-9-17-10(7-20-9)11-12(15)18-21-13(11)16-8-14(2,3)5-4-6-19/h7,16,19H,4-6,8H2,1-3H3,(H2,15,18). The van der Waals surface area contributed by atoms with Gasteiger partial charge in [0.15, 0.2) is 0 Å². The summed E-state index contributed by atoms with van der Waals surface area (Å²) in [7, 11) is 0. The van der Waals surface area contributed by atoms with Crippen LogP contribution < -0.4 is 11.1 Å². The second-order valence-corrected chi connectivity index (χ2v) is 7.70. The SMILES string of the molecule is Cc1nc(-c2c(N)nsc2NCC(C)(C)CCCO)cs1. The molecule has 0 aliphatic heterocycles. The number of aliphatic hydroxyl groups is 1. The van der Waals surface area contributed by atoms with E-state index in [2.05, 4.69) is 28.5 Å². The molecule has 0 spiro atoms. The third kappa shape index (κ3) is 4.15. The number of rotatable bonds is 7. The fourth-order valence-corrected chi connectivity index (χ4v) is 3.44. The van der Waals surface area contributed by atoms with Gasteiger partial charge in [-0.15, -0.1) is 11.3 Å². The molecule has 7 heteroatoms. The Labute approximate surface area is 133 Å². The van der Waals surface area contributed by atoms with E-state index in [1.807, 2.05) is 12.3 Å². The number of hydrogen-bond acceptors (Lipinski definition) is 7. The Bertz CT molecular complexity index is 592. The number of aryl methyl sites for hydroxylation is 1. The zero-order valence-electron chi connectivity index (χ0n) is 12.6. The minimum absolute atomic E-state index is 0.108. The highest BCUT2D eigenvalue weighted by atomic mass is 32.1. The van der Waals surface area contributed by atoms with Crippen molar-refractivity contribution in [3.05, 3.63) is 10.4 Å². The molecule has 0 radical (unpaired) electrons. The maximum absolute atomic E-state index is 8.96. The summed E-state index contributed by atoms with van der Waals surface area (Å²) in [6.07, 6.45) is 1.79. The van der Waals surface area contributed by atoms with E-state index >= 15 is 0 Å². The van der Waals surface area contributed by atoms with Crippen molar-refractivity contribution in [3.8, 4) is 11.3 Å². The van der Waals surface area contributed by atoms with E-state index in [4.69, 9.17) is 10.8 Å². The highest BCUT2D eigenvalue weighted by Gasteiger charge is 2.21. The van der Waals surface area contributed by atoms with Gasteiger partial charge in [0.2, 0.25) is 0 Å². The largest absolute Gasteiger partial charge is 0.396 e. The van der Waals surface area contributed by atoms with Gasteiger partial charge in [0.1, 0.15) is 10.8 Å². The molecule has 0 saturated carbocycles. The molecule has 2 aromatic heterocycles. The van der Waals surface area contributed by atoms with Crippen LogP contribution in [0.15, 0.2) is 5.38 Å². The molecule has 4 N–H and O–H groups in total. The second-order valence-electron chi connectivity index (χ2n) is 5.87. The number of thiazole rings is 1. The molecule has 0 unspecified atom stereocenters. The third-order valence-corrected chi connectivity index (χ3v) is 4.93. The Balaban J connectivity index is 2.11. The molecule has 2 aromatic rings. The molecule has 21 heavy (non-hydrogen) atoms. The van der Waals surface area contributed by atoms with Crippen LogP contribution >= 0.6 is 22.9 Å². The summed E-state index contributed by atoms with van der Waals surface area (Å²) in [4.78, 5) is 4.50. The van der Waals surface area contributed by atoms with E-state index < -0.39 is 0 Å². The van der Waals surface area contributed by atoms with Crippen molar-refractivity contribution in [2.24, 2.45) is 5.41 Å². The minimum Gasteiger partial charge on any atom is -0.396 e. The molecule has 0 atom stereocenters. The molecule has 0 bridgehead atoms. The predicted molar refractivity (Wildman–Crippen MR) is 91.0 cm³/mol. The second kappa shape index (κ2) is 6.72. The molecule has 0 aliphatic carbocycles. The Kier molecular flexibility index (Phi) is 5.18. The van der Waals surface area contributed by atoms with Gasteiger partial charge >= 0.3 is 0 Å². The zero-order valence-corrected chi connectivity index (χ0v) is 14.3. The monoisotopic (exact) mass is 326 g/mol. The summed E-state index contributed by atoms with van der Waals surface area (Å²) in [5.41, 5.74) is 7.89. The fourth-order valence-electron chi connectivity index (χ4n) is 2.11. The third-order valence-electron chi connectivity index (χ3n) is 3.33. The maximum Gasteiger partial charge on any atom is 0.148 e. The van der Waals surface area contributed by atoms with E-state index in [0.717, 1.165) is 40.7 Å². The van der Waals surface area contributed by atoms with Gasteiger partial charge in [-0.3, -0.25) is 0 Å². The molecule has 2 heterocycles. The van der Waals surface area contributed by atoms with Crippen LogP contribution in [0.1, 0.15) is 31.7 Å². The highest BCUT2D eigenvalue weighted by molar-refractivity contribution is 7.11. The fraction of sp³-hybridized carbons (Fsp3) is 0.571. The van der Waals surface area contributed by atoms with Crippen LogP contribution in [0.5, 0.6) is 0 Å². The van der Waals surface area contributed by atoms with E-state index in [9.17, 15) is 0 Å². The van der Waals surface area contributed by atoms with Gasteiger partial charge < -0.3 is 16.2 Å². The molecular weight excluding hydrogens is 304 g/mol. The van der Waals surface area contributed by atoms with E-state index in [1.54, 1.807) is 11.3 Å². The predicted octanol–water partition coefficient (Wildman–Crippen LogP) is 3.37. The number of nitrogens with one attached hydrogen (secondary N) is 1. The summed E-state index contributed by atoms with van der Waals surface area (Å²) in [6, 6.07) is 0. The van der Waals surface area contributed by atoms with Gasteiger partial charge in [-0.2, -0.15) is 4.37 Å². The molecule has 2 rings (SSSR count). The number of nitrogen functional groups attached to an aromatic ring is 1. The van der Waals surface area contributed by atoms with Crippen molar-refractivity contribution in [3.63, 3.8) is 0 Å². The zero-order chi connectivity index (χ0) is 15.5. The Morgan fingerprint density at radius 2 is 2.19 bits per heavy atom. The first kappa shape index (κ1) is 16.2. The van der Waals surface area contributed by atoms with Gasteiger partial charge in [-0.1, -0.05) is 13.8 Å². The molecule has 0 aliphatic rings. The van der Waals surface area contributed by atoms with Crippen molar-refractivity contribution in [2.45, 2.75) is 33.6 Å². The molecular formula is C14H22N4OS2. The molecule has 0 amide bonds. The summed E-state index contributed by atoms with van der Waals surface area (Å²) < 4.78 is 4.25.